The first-order valence-corrected chi connectivity index (χ1v) is 10.2. The van der Waals surface area contributed by atoms with E-state index in [4.69, 9.17) is 14.2 Å². The molecule has 1 aliphatic rings. The lowest BCUT2D eigenvalue weighted by molar-refractivity contribution is -0.148. The number of fused-ring (bicyclic) bond motifs is 1. The molecule has 1 N–H and O–H groups in total. The summed E-state index contributed by atoms with van der Waals surface area (Å²) < 4.78 is 16.0. The fourth-order valence-electron chi connectivity index (χ4n) is 3.30. The Labute approximate surface area is 181 Å². The molecule has 3 rings (SSSR count). The summed E-state index contributed by atoms with van der Waals surface area (Å²) in [7, 11) is 0. The molecule has 0 bridgehead atoms. The van der Waals surface area contributed by atoms with E-state index in [1.54, 1.807) is 55.5 Å². The van der Waals surface area contributed by atoms with Gasteiger partial charge in [0.2, 0.25) is 5.91 Å². The molecule has 2 aromatic carbocycles. The minimum absolute atomic E-state index is 0.00662. The minimum atomic E-state index is -0.538. The van der Waals surface area contributed by atoms with Gasteiger partial charge in [0.05, 0.1) is 31.0 Å². The van der Waals surface area contributed by atoms with Gasteiger partial charge < -0.3 is 24.4 Å². The highest BCUT2D eigenvalue weighted by atomic mass is 16.5. The number of esters is 1. The molecule has 0 spiro atoms. The van der Waals surface area contributed by atoms with Crippen LogP contribution in [0.2, 0.25) is 0 Å². The van der Waals surface area contributed by atoms with Crippen molar-refractivity contribution in [1.82, 2.24) is 0 Å². The van der Waals surface area contributed by atoms with Gasteiger partial charge in [0, 0.05) is 12.5 Å². The standard InChI is InChI=1S/C23H26N2O6/c1-3-29-17-8-10-18(11-9-17)30-13-12-23(28)31-15-22(27)25-16(2)14-21(26)24-19-6-4-5-7-20(19)25/h4-11,16H,3,12-15H2,1-2H3,(H,24,26). The number of benzene rings is 2. The summed E-state index contributed by atoms with van der Waals surface area (Å²) >= 11 is 0. The van der Waals surface area contributed by atoms with Crippen molar-refractivity contribution in [3.8, 4) is 11.5 Å². The maximum Gasteiger partial charge on any atom is 0.309 e. The molecule has 0 radical (unpaired) electrons. The number of carbonyl (C=O) groups is 3. The zero-order valence-corrected chi connectivity index (χ0v) is 17.6. The Kier molecular flexibility index (Phi) is 7.48. The van der Waals surface area contributed by atoms with E-state index in [0.29, 0.717) is 23.7 Å². The Hall–Kier alpha value is -3.55. The van der Waals surface area contributed by atoms with Crippen LogP contribution in [0, 0.1) is 0 Å². The molecule has 8 heteroatoms. The van der Waals surface area contributed by atoms with E-state index in [1.807, 2.05) is 6.92 Å². The molecule has 164 valence electrons. The van der Waals surface area contributed by atoms with Gasteiger partial charge in [-0.25, -0.2) is 0 Å². The number of carbonyl (C=O) groups excluding carboxylic acids is 3. The Balaban J connectivity index is 1.49. The lowest BCUT2D eigenvalue weighted by Gasteiger charge is -2.27. The molecule has 0 saturated heterocycles. The molecule has 1 heterocycles. The predicted molar refractivity (Wildman–Crippen MR) is 115 cm³/mol. The van der Waals surface area contributed by atoms with Gasteiger partial charge >= 0.3 is 5.97 Å². The molecular weight excluding hydrogens is 400 g/mol. The summed E-state index contributed by atoms with van der Waals surface area (Å²) in [5, 5.41) is 2.79. The van der Waals surface area contributed by atoms with Crippen molar-refractivity contribution in [3.63, 3.8) is 0 Å². The molecule has 2 aromatic rings. The summed E-state index contributed by atoms with van der Waals surface area (Å²) in [6.07, 6.45) is 0.164. The van der Waals surface area contributed by atoms with E-state index in [-0.39, 0.29) is 31.4 Å². The third-order valence-electron chi connectivity index (χ3n) is 4.69. The quantitative estimate of drug-likeness (QED) is 0.652. The second kappa shape index (κ2) is 10.5. The van der Waals surface area contributed by atoms with Crippen molar-refractivity contribution in [2.75, 3.05) is 30.0 Å². The molecule has 0 aromatic heterocycles. The number of ether oxygens (including phenoxy) is 3. The van der Waals surface area contributed by atoms with Gasteiger partial charge in [-0.2, -0.15) is 0 Å². The molecule has 1 unspecified atom stereocenters. The molecule has 8 nitrogen and oxygen atoms in total. The number of nitrogens with zero attached hydrogens (tertiary/aromatic N) is 1. The van der Waals surface area contributed by atoms with Crippen LogP contribution in [0.4, 0.5) is 11.4 Å². The third-order valence-corrected chi connectivity index (χ3v) is 4.69. The Bertz CT molecular complexity index is 928. The highest BCUT2D eigenvalue weighted by Gasteiger charge is 2.30. The zero-order chi connectivity index (χ0) is 22.2. The molecule has 0 fully saturated rings. The lowest BCUT2D eigenvalue weighted by atomic mass is 10.1. The highest BCUT2D eigenvalue weighted by molar-refractivity contribution is 6.05. The third kappa shape index (κ3) is 5.97. The van der Waals surface area contributed by atoms with Crippen LogP contribution in [0.25, 0.3) is 0 Å². The molecule has 31 heavy (non-hydrogen) atoms. The molecule has 0 saturated carbocycles. The fraction of sp³-hybridized carbons (Fsp3) is 0.348. The van der Waals surface area contributed by atoms with Crippen LogP contribution < -0.4 is 19.7 Å². The van der Waals surface area contributed by atoms with Crippen molar-refractivity contribution in [1.29, 1.82) is 0 Å². The first-order valence-electron chi connectivity index (χ1n) is 10.2. The minimum Gasteiger partial charge on any atom is -0.494 e. The predicted octanol–water partition coefficient (Wildman–Crippen LogP) is 3.16. The van der Waals surface area contributed by atoms with E-state index in [2.05, 4.69) is 5.32 Å². The Morgan fingerprint density at radius 3 is 2.45 bits per heavy atom. The van der Waals surface area contributed by atoms with Gasteiger partial charge in [0.1, 0.15) is 11.5 Å². The molecule has 2 amide bonds. The van der Waals surface area contributed by atoms with Gasteiger partial charge in [-0.05, 0) is 50.2 Å². The normalized spacial score (nSPS) is 15.4. The highest BCUT2D eigenvalue weighted by Crippen LogP contribution is 2.31. The zero-order valence-electron chi connectivity index (χ0n) is 17.6. The van der Waals surface area contributed by atoms with Gasteiger partial charge in [-0.3, -0.25) is 14.4 Å². The van der Waals surface area contributed by atoms with Crippen molar-refractivity contribution in [2.45, 2.75) is 32.7 Å². The monoisotopic (exact) mass is 426 g/mol. The van der Waals surface area contributed by atoms with E-state index >= 15 is 0 Å². The Morgan fingerprint density at radius 1 is 1.06 bits per heavy atom. The topological polar surface area (TPSA) is 94.2 Å². The van der Waals surface area contributed by atoms with Crippen LogP contribution >= 0.6 is 0 Å². The molecule has 1 atom stereocenters. The number of anilines is 2. The smallest absolute Gasteiger partial charge is 0.309 e. The van der Waals surface area contributed by atoms with Crippen molar-refractivity contribution < 1.29 is 28.6 Å². The molecule has 1 aliphatic heterocycles. The number of hydrogen-bond donors (Lipinski definition) is 1. The van der Waals surface area contributed by atoms with Crippen LogP contribution in [-0.4, -0.2) is 43.6 Å². The number of rotatable bonds is 8. The summed E-state index contributed by atoms with van der Waals surface area (Å²) in [4.78, 5) is 38.3. The SMILES string of the molecule is CCOc1ccc(OCCC(=O)OCC(=O)N2c3ccccc3NC(=O)CC2C)cc1. The average Bonchev–Trinajstić information content (AvgIpc) is 2.87. The van der Waals surface area contributed by atoms with E-state index < -0.39 is 18.5 Å². The number of nitrogens with one attached hydrogen (secondary N) is 1. The average molecular weight is 426 g/mol. The van der Waals surface area contributed by atoms with Crippen molar-refractivity contribution >= 4 is 29.2 Å². The van der Waals surface area contributed by atoms with Crippen LogP contribution in [-0.2, 0) is 19.1 Å². The molecule has 0 aliphatic carbocycles. The van der Waals surface area contributed by atoms with E-state index in [9.17, 15) is 14.4 Å². The lowest BCUT2D eigenvalue weighted by Crippen LogP contribution is -2.41. The summed E-state index contributed by atoms with van der Waals surface area (Å²) in [6, 6.07) is 13.8. The summed E-state index contributed by atoms with van der Waals surface area (Å²) in [6.45, 7) is 3.99. The first kappa shape index (κ1) is 22.1. The van der Waals surface area contributed by atoms with Crippen molar-refractivity contribution in [2.24, 2.45) is 0 Å². The first-order chi connectivity index (χ1) is 15.0. The van der Waals surface area contributed by atoms with E-state index in [0.717, 1.165) is 5.75 Å². The number of hydrogen-bond acceptors (Lipinski definition) is 6. The summed E-state index contributed by atoms with van der Waals surface area (Å²) in [5.41, 5.74) is 1.14. The fourth-order valence-corrected chi connectivity index (χ4v) is 3.30. The second-order valence-electron chi connectivity index (χ2n) is 7.05. The maximum absolute atomic E-state index is 12.8. The largest absolute Gasteiger partial charge is 0.494 e. The molecular formula is C23H26N2O6. The van der Waals surface area contributed by atoms with Gasteiger partial charge in [-0.15, -0.1) is 0 Å². The number of para-hydroxylation sites is 2. The van der Waals surface area contributed by atoms with Crippen LogP contribution in [0.5, 0.6) is 11.5 Å². The van der Waals surface area contributed by atoms with Gasteiger partial charge in [0.15, 0.2) is 6.61 Å². The van der Waals surface area contributed by atoms with Crippen molar-refractivity contribution in [3.05, 3.63) is 48.5 Å². The Morgan fingerprint density at radius 2 is 1.74 bits per heavy atom. The summed E-state index contributed by atoms with van der Waals surface area (Å²) in [5.74, 6) is 0.258. The van der Waals surface area contributed by atoms with Crippen LogP contribution in [0.15, 0.2) is 48.5 Å². The van der Waals surface area contributed by atoms with E-state index in [1.165, 1.54) is 4.90 Å². The number of amides is 2. The maximum atomic E-state index is 12.8. The van der Waals surface area contributed by atoms with Gasteiger partial charge in [-0.1, -0.05) is 12.1 Å². The second-order valence-corrected chi connectivity index (χ2v) is 7.05. The van der Waals surface area contributed by atoms with Crippen LogP contribution in [0.1, 0.15) is 26.7 Å². The van der Waals surface area contributed by atoms with Gasteiger partial charge in [0.25, 0.3) is 5.91 Å². The van der Waals surface area contributed by atoms with Crippen LogP contribution in [0.3, 0.4) is 0 Å².